The Morgan fingerprint density at radius 2 is 2.04 bits per heavy atom. The molecule has 0 aliphatic carbocycles. The number of alkyl halides is 2. The molecule has 0 spiro atoms. The zero-order valence-corrected chi connectivity index (χ0v) is 12.5. The Kier molecular flexibility index (Phi) is 4.13. The maximum atomic E-state index is 13.3. The van der Waals surface area contributed by atoms with Crippen LogP contribution in [0.1, 0.15) is 17.9 Å². The van der Waals surface area contributed by atoms with Gasteiger partial charge >= 0.3 is 6.55 Å². The Morgan fingerprint density at radius 3 is 2.74 bits per heavy atom. The van der Waals surface area contributed by atoms with Crippen LogP contribution in [0.3, 0.4) is 0 Å². The molecule has 23 heavy (non-hydrogen) atoms. The topological polar surface area (TPSA) is 50.8 Å². The quantitative estimate of drug-likeness (QED) is 0.704. The van der Waals surface area contributed by atoms with E-state index in [9.17, 15) is 8.78 Å². The summed E-state index contributed by atoms with van der Waals surface area (Å²) in [6, 6.07) is 13.1. The van der Waals surface area contributed by atoms with E-state index in [0.717, 1.165) is 4.57 Å². The fourth-order valence-electron chi connectivity index (χ4n) is 2.24. The molecule has 0 aliphatic rings. The molecule has 1 heterocycles. The molecule has 0 unspecified atom stereocenters. The van der Waals surface area contributed by atoms with E-state index >= 15 is 0 Å². The molecule has 0 N–H and O–H groups in total. The molecule has 7 heteroatoms. The van der Waals surface area contributed by atoms with Crippen molar-refractivity contribution < 1.29 is 13.5 Å². The molecular formula is C16H10ClF2N3O. The summed E-state index contributed by atoms with van der Waals surface area (Å²) in [5.74, 6) is 0.403. The summed E-state index contributed by atoms with van der Waals surface area (Å²) in [4.78, 5) is 4.17. The highest BCUT2D eigenvalue weighted by atomic mass is 35.5. The predicted octanol–water partition coefficient (Wildman–Crippen LogP) is 4.54. The maximum Gasteiger partial charge on any atom is 0.320 e. The monoisotopic (exact) mass is 333 g/mol. The number of imidazole rings is 1. The van der Waals surface area contributed by atoms with Crippen molar-refractivity contribution in [2.75, 3.05) is 0 Å². The smallest absolute Gasteiger partial charge is 0.320 e. The Balaban J connectivity index is 1.90. The van der Waals surface area contributed by atoms with Crippen molar-refractivity contribution in [2.45, 2.75) is 13.2 Å². The summed E-state index contributed by atoms with van der Waals surface area (Å²) in [5, 5.41) is 9.03. The van der Waals surface area contributed by atoms with Gasteiger partial charge in [0.2, 0.25) is 0 Å². The zero-order valence-electron chi connectivity index (χ0n) is 11.7. The first-order valence-corrected chi connectivity index (χ1v) is 7.04. The molecule has 2 aromatic carbocycles. The van der Waals surface area contributed by atoms with E-state index in [4.69, 9.17) is 21.6 Å². The average molecular weight is 334 g/mol. The number of halogens is 3. The molecule has 0 bridgehead atoms. The fraction of sp³-hybridized carbons (Fsp3) is 0.125. The van der Waals surface area contributed by atoms with Gasteiger partial charge in [-0.25, -0.2) is 4.98 Å². The second-order valence-corrected chi connectivity index (χ2v) is 5.12. The van der Waals surface area contributed by atoms with Crippen LogP contribution < -0.4 is 4.74 Å². The van der Waals surface area contributed by atoms with E-state index in [2.05, 4.69) is 4.98 Å². The fourth-order valence-corrected chi connectivity index (χ4v) is 2.48. The molecule has 1 aromatic heterocycles. The summed E-state index contributed by atoms with van der Waals surface area (Å²) in [7, 11) is 0. The Morgan fingerprint density at radius 1 is 1.26 bits per heavy atom. The lowest BCUT2D eigenvalue weighted by Gasteiger charge is -2.10. The zero-order chi connectivity index (χ0) is 16.4. The molecular weight excluding hydrogens is 324 g/mol. The summed E-state index contributed by atoms with van der Waals surface area (Å²) in [6.07, 6.45) is 0. The summed E-state index contributed by atoms with van der Waals surface area (Å²) >= 11 is 6.00. The van der Waals surface area contributed by atoms with Gasteiger partial charge in [0.05, 0.1) is 27.7 Å². The van der Waals surface area contributed by atoms with Gasteiger partial charge in [-0.3, -0.25) is 4.57 Å². The van der Waals surface area contributed by atoms with Crippen molar-refractivity contribution in [3.05, 3.63) is 58.9 Å². The summed E-state index contributed by atoms with van der Waals surface area (Å²) in [5.41, 5.74) is 1.20. The lowest BCUT2D eigenvalue weighted by Crippen LogP contribution is -2.08. The van der Waals surface area contributed by atoms with Crippen molar-refractivity contribution in [3.63, 3.8) is 0 Å². The van der Waals surface area contributed by atoms with Crippen molar-refractivity contribution in [1.29, 1.82) is 5.26 Å². The molecule has 0 aliphatic heterocycles. The van der Waals surface area contributed by atoms with E-state index in [1.165, 1.54) is 18.2 Å². The van der Waals surface area contributed by atoms with E-state index in [1.54, 1.807) is 24.3 Å². The number of hydrogen-bond acceptors (Lipinski definition) is 3. The van der Waals surface area contributed by atoms with Crippen LogP contribution in [0, 0.1) is 11.3 Å². The molecule has 4 nitrogen and oxygen atoms in total. The number of nitriles is 1. The van der Waals surface area contributed by atoms with E-state index < -0.39 is 6.55 Å². The van der Waals surface area contributed by atoms with Crippen molar-refractivity contribution in [3.8, 4) is 11.8 Å². The standard InChI is InChI=1S/C16H10ClF2N3O/c17-11-7-10(8-20)5-6-14(11)23-9-15-21-12-3-1-2-4-13(12)22(15)16(18)19/h1-7,16H,9H2. The first kappa shape index (κ1) is 15.3. The summed E-state index contributed by atoms with van der Waals surface area (Å²) < 4.78 is 32.9. The first-order chi connectivity index (χ1) is 11.1. The third-order valence-corrected chi connectivity index (χ3v) is 3.58. The Hall–Kier alpha value is -2.65. The molecule has 0 radical (unpaired) electrons. The lowest BCUT2D eigenvalue weighted by atomic mass is 10.2. The van der Waals surface area contributed by atoms with E-state index in [-0.39, 0.29) is 17.5 Å². The van der Waals surface area contributed by atoms with Crippen LogP contribution in [0.25, 0.3) is 11.0 Å². The number of hydrogen-bond donors (Lipinski definition) is 0. The highest BCUT2D eigenvalue weighted by Gasteiger charge is 2.18. The third kappa shape index (κ3) is 2.96. The average Bonchev–Trinajstić information content (AvgIpc) is 2.92. The highest BCUT2D eigenvalue weighted by Crippen LogP contribution is 2.28. The molecule has 3 aromatic rings. The number of para-hydroxylation sites is 2. The van der Waals surface area contributed by atoms with Gasteiger partial charge in [-0.15, -0.1) is 0 Å². The van der Waals surface area contributed by atoms with Gasteiger partial charge in [-0.2, -0.15) is 14.0 Å². The van der Waals surface area contributed by atoms with Crippen molar-refractivity contribution in [2.24, 2.45) is 0 Å². The third-order valence-electron chi connectivity index (χ3n) is 3.28. The maximum absolute atomic E-state index is 13.3. The number of aromatic nitrogens is 2. The van der Waals surface area contributed by atoms with Crippen molar-refractivity contribution >= 4 is 22.6 Å². The number of fused-ring (bicyclic) bond motifs is 1. The number of ether oxygens (including phenoxy) is 1. The molecule has 0 amide bonds. The van der Waals surface area contributed by atoms with Gasteiger partial charge in [-0.05, 0) is 30.3 Å². The van der Waals surface area contributed by atoms with Crippen LogP contribution in [0.5, 0.6) is 5.75 Å². The number of rotatable bonds is 4. The minimum absolute atomic E-state index is 0.0987. The first-order valence-electron chi connectivity index (χ1n) is 6.66. The molecule has 116 valence electrons. The molecule has 0 saturated heterocycles. The normalized spacial score (nSPS) is 10.9. The van der Waals surface area contributed by atoms with Gasteiger partial charge in [-0.1, -0.05) is 23.7 Å². The van der Waals surface area contributed by atoms with Gasteiger partial charge in [0.25, 0.3) is 0 Å². The van der Waals surface area contributed by atoms with Crippen LogP contribution >= 0.6 is 11.6 Å². The van der Waals surface area contributed by atoms with E-state index in [1.807, 2.05) is 6.07 Å². The second-order valence-electron chi connectivity index (χ2n) is 4.71. The van der Waals surface area contributed by atoms with Gasteiger partial charge in [0.15, 0.2) is 5.82 Å². The van der Waals surface area contributed by atoms with Crippen LogP contribution in [-0.4, -0.2) is 9.55 Å². The van der Waals surface area contributed by atoms with Crippen LogP contribution in [0.15, 0.2) is 42.5 Å². The van der Waals surface area contributed by atoms with Gasteiger partial charge < -0.3 is 4.74 Å². The van der Waals surface area contributed by atoms with Crippen LogP contribution in [0.2, 0.25) is 5.02 Å². The largest absolute Gasteiger partial charge is 0.484 e. The number of benzene rings is 2. The Bertz CT molecular complexity index is 902. The van der Waals surface area contributed by atoms with Crippen LogP contribution in [0.4, 0.5) is 8.78 Å². The minimum atomic E-state index is -2.72. The number of nitrogens with zero attached hydrogens (tertiary/aromatic N) is 3. The van der Waals surface area contributed by atoms with Crippen molar-refractivity contribution in [1.82, 2.24) is 9.55 Å². The predicted molar refractivity (Wildman–Crippen MR) is 81.5 cm³/mol. The second kappa shape index (κ2) is 6.23. The highest BCUT2D eigenvalue weighted by molar-refractivity contribution is 6.32. The van der Waals surface area contributed by atoms with Gasteiger partial charge in [0.1, 0.15) is 12.4 Å². The minimum Gasteiger partial charge on any atom is -0.484 e. The lowest BCUT2D eigenvalue weighted by molar-refractivity contribution is 0.0677. The molecule has 0 atom stereocenters. The SMILES string of the molecule is N#Cc1ccc(OCc2nc3ccccc3n2C(F)F)c(Cl)c1. The molecule has 0 fully saturated rings. The molecule has 0 saturated carbocycles. The molecule has 3 rings (SSSR count). The van der Waals surface area contributed by atoms with Gasteiger partial charge in [0, 0.05) is 0 Å². The summed E-state index contributed by atoms with van der Waals surface area (Å²) in [6.45, 7) is -2.89. The van der Waals surface area contributed by atoms with Crippen LogP contribution in [-0.2, 0) is 6.61 Å². The Labute approximate surface area is 135 Å². The van der Waals surface area contributed by atoms with E-state index in [0.29, 0.717) is 22.3 Å².